The van der Waals surface area contributed by atoms with E-state index in [0.29, 0.717) is 17.4 Å². The quantitative estimate of drug-likeness (QED) is 0.562. The van der Waals surface area contributed by atoms with Gasteiger partial charge in [0.15, 0.2) is 13.1 Å². The number of anilines is 2. The van der Waals surface area contributed by atoms with E-state index in [-0.39, 0.29) is 24.9 Å². The molecule has 0 bridgehead atoms. The van der Waals surface area contributed by atoms with E-state index >= 15 is 0 Å². The molecule has 0 aliphatic rings. The van der Waals surface area contributed by atoms with Crippen molar-refractivity contribution in [2.24, 2.45) is 0 Å². The van der Waals surface area contributed by atoms with Crippen LogP contribution in [-0.4, -0.2) is 38.6 Å². The van der Waals surface area contributed by atoms with Gasteiger partial charge in [-0.2, -0.15) is 0 Å². The predicted molar refractivity (Wildman–Crippen MR) is 121 cm³/mol. The van der Waals surface area contributed by atoms with Crippen LogP contribution in [0.1, 0.15) is 44.2 Å². The number of quaternary nitrogens is 1. The average Bonchev–Trinajstić information content (AvgIpc) is 2.69. The summed E-state index contributed by atoms with van der Waals surface area (Å²) in [6.07, 6.45) is 0.881. The third-order valence-electron chi connectivity index (χ3n) is 5.00. The molecule has 2 aromatic rings. The van der Waals surface area contributed by atoms with E-state index in [1.807, 2.05) is 44.2 Å². The molecule has 6 heteroatoms. The van der Waals surface area contributed by atoms with E-state index < -0.39 is 0 Å². The molecule has 2 rings (SSSR count). The van der Waals surface area contributed by atoms with Gasteiger partial charge >= 0.3 is 0 Å². The van der Waals surface area contributed by atoms with Gasteiger partial charge in [0.25, 0.3) is 11.8 Å². The molecule has 1 unspecified atom stereocenters. The number of amides is 2. The van der Waals surface area contributed by atoms with Gasteiger partial charge in [-0.25, -0.2) is 0 Å². The normalized spacial score (nSPS) is 11.8. The van der Waals surface area contributed by atoms with Gasteiger partial charge in [-0.15, -0.1) is 0 Å². The number of carbonyl (C=O) groups excluding carboxylic acids is 2. The van der Waals surface area contributed by atoms with Crippen LogP contribution in [0.15, 0.2) is 42.5 Å². The Morgan fingerprint density at radius 3 is 2.30 bits per heavy atom. The van der Waals surface area contributed by atoms with E-state index in [4.69, 9.17) is 4.74 Å². The maximum Gasteiger partial charge on any atom is 0.279 e. The summed E-state index contributed by atoms with van der Waals surface area (Å²) in [5.41, 5.74) is 3.67. The van der Waals surface area contributed by atoms with Gasteiger partial charge < -0.3 is 20.3 Å². The summed E-state index contributed by atoms with van der Waals surface area (Å²) in [5, 5.41) is 5.97. The maximum absolute atomic E-state index is 12.8. The van der Waals surface area contributed by atoms with E-state index in [1.165, 1.54) is 0 Å². The predicted octanol–water partition coefficient (Wildman–Crippen LogP) is 3.00. The lowest BCUT2D eigenvalue weighted by molar-refractivity contribution is -0.883. The Kier molecular flexibility index (Phi) is 8.87. The van der Waals surface area contributed by atoms with Crippen molar-refractivity contribution in [3.05, 3.63) is 53.6 Å². The number of carbonyl (C=O) groups is 2. The first kappa shape index (κ1) is 23.4. The number of nitrogens with one attached hydrogen (secondary N) is 3. The minimum atomic E-state index is -0.144. The fourth-order valence-corrected chi connectivity index (χ4v) is 3.52. The largest absolute Gasteiger partial charge is 0.495 e. The van der Waals surface area contributed by atoms with Crippen LogP contribution in [0.5, 0.6) is 5.75 Å². The highest BCUT2D eigenvalue weighted by atomic mass is 16.5. The lowest BCUT2D eigenvalue weighted by atomic mass is 9.98. The number of rotatable bonds is 10. The molecule has 0 saturated carbocycles. The zero-order chi connectivity index (χ0) is 22.1. The molecule has 0 radical (unpaired) electrons. The number of ether oxygens (including phenoxy) is 1. The number of hydrogen-bond acceptors (Lipinski definition) is 3. The number of hydrogen-bond donors (Lipinski definition) is 3. The molecule has 3 N–H and O–H groups in total. The van der Waals surface area contributed by atoms with Crippen LogP contribution in [0.25, 0.3) is 0 Å². The Bertz CT molecular complexity index is 865. The molecule has 0 spiro atoms. The molecular formula is C24H34N3O3+. The van der Waals surface area contributed by atoms with E-state index in [9.17, 15) is 9.59 Å². The smallest absolute Gasteiger partial charge is 0.279 e. The molecule has 0 heterocycles. The Hall–Kier alpha value is -2.86. The standard InChI is InChI=1S/C24H33N3O3/c1-6-14-27(15-22(28)25-20-12-7-8-13-21(20)30-5)16-23(29)26-24-18(4)10-9-11-19(24)17(2)3/h7-13,17H,6,14-16H2,1-5H3,(H,25,28)(H,26,29)/p+1. The summed E-state index contributed by atoms with van der Waals surface area (Å²) in [5.74, 6) is 0.696. The first-order valence-electron chi connectivity index (χ1n) is 10.5. The summed E-state index contributed by atoms with van der Waals surface area (Å²) in [7, 11) is 1.57. The van der Waals surface area contributed by atoms with Crippen molar-refractivity contribution in [3.63, 3.8) is 0 Å². The second kappa shape index (κ2) is 11.4. The van der Waals surface area contributed by atoms with E-state index in [2.05, 4.69) is 24.5 Å². The van der Waals surface area contributed by atoms with Crippen molar-refractivity contribution in [2.75, 3.05) is 37.4 Å². The van der Waals surface area contributed by atoms with Crippen LogP contribution < -0.4 is 20.3 Å². The van der Waals surface area contributed by atoms with Gasteiger partial charge in [0.05, 0.1) is 19.3 Å². The molecule has 6 nitrogen and oxygen atoms in total. The lowest BCUT2D eigenvalue weighted by Gasteiger charge is -2.20. The van der Waals surface area contributed by atoms with Crippen molar-refractivity contribution in [1.29, 1.82) is 0 Å². The maximum atomic E-state index is 12.8. The zero-order valence-electron chi connectivity index (χ0n) is 18.7. The summed E-state index contributed by atoms with van der Waals surface area (Å²) < 4.78 is 5.29. The lowest BCUT2D eigenvalue weighted by Crippen LogP contribution is -3.14. The first-order chi connectivity index (χ1) is 14.3. The van der Waals surface area contributed by atoms with Crippen LogP contribution >= 0.6 is 0 Å². The van der Waals surface area contributed by atoms with Crippen LogP contribution in [0.3, 0.4) is 0 Å². The third kappa shape index (κ3) is 6.59. The molecule has 2 amide bonds. The first-order valence-corrected chi connectivity index (χ1v) is 10.5. The fraction of sp³-hybridized carbons (Fsp3) is 0.417. The average molecular weight is 413 g/mol. The van der Waals surface area contributed by atoms with E-state index in [0.717, 1.165) is 34.7 Å². The Balaban J connectivity index is 2.03. The van der Waals surface area contributed by atoms with Gasteiger partial charge in [0.2, 0.25) is 0 Å². The molecule has 0 aliphatic heterocycles. The molecule has 0 aliphatic carbocycles. The van der Waals surface area contributed by atoms with Crippen molar-refractivity contribution in [1.82, 2.24) is 0 Å². The van der Waals surface area contributed by atoms with Crippen molar-refractivity contribution in [2.45, 2.75) is 40.0 Å². The molecule has 30 heavy (non-hydrogen) atoms. The Morgan fingerprint density at radius 2 is 1.67 bits per heavy atom. The summed E-state index contributed by atoms with van der Waals surface area (Å²) >= 11 is 0. The Morgan fingerprint density at radius 1 is 1.00 bits per heavy atom. The van der Waals surface area contributed by atoms with Gasteiger partial charge in [-0.1, -0.05) is 51.1 Å². The van der Waals surface area contributed by atoms with Crippen LogP contribution in [0.2, 0.25) is 0 Å². The number of methoxy groups -OCH3 is 1. The van der Waals surface area contributed by atoms with Crippen molar-refractivity contribution in [3.8, 4) is 5.75 Å². The Labute approximate surface area is 179 Å². The van der Waals surface area contributed by atoms with Gasteiger partial charge in [-0.3, -0.25) is 9.59 Å². The monoisotopic (exact) mass is 412 g/mol. The molecule has 1 atom stereocenters. The van der Waals surface area contributed by atoms with Crippen molar-refractivity contribution >= 4 is 23.2 Å². The van der Waals surface area contributed by atoms with Gasteiger partial charge in [-0.05, 0) is 42.5 Å². The highest BCUT2D eigenvalue weighted by Gasteiger charge is 2.20. The number of aryl methyl sites for hydroxylation is 1. The van der Waals surface area contributed by atoms with Gasteiger partial charge in [0, 0.05) is 5.69 Å². The molecule has 0 saturated heterocycles. The summed E-state index contributed by atoms with van der Waals surface area (Å²) in [6, 6.07) is 13.4. The third-order valence-corrected chi connectivity index (χ3v) is 5.00. The molecule has 2 aromatic carbocycles. The van der Waals surface area contributed by atoms with Crippen LogP contribution in [0, 0.1) is 6.92 Å². The molecule has 162 valence electrons. The summed E-state index contributed by atoms with van der Waals surface area (Å²) in [6.45, 7) is 9.45. The zero-order valence-corrected chi connectivity index (χ0v) is 18.7. The van der Waals surface area contributed by atoms with Crippen LogP contribution in [-0.2, 0) is 9.59 Å². The fourth-order valence-electron chi connectivity index (χ4n) is 3.52. The SMILES string of the molecule is CCC[NH+](CC(=O)Nc1ccccc1OC)CC(=O)Nc1c(C)cccc1C(C)C. The van der Waals surface area contributed by atoms with Crippen LogP contribution in [0.4, 0.5) is 11.4 Å². The van der Waals surface area contributed by atoms with Gasteiger partial charge in [0.1, 0.15) is 5.75 Å². The highest BCUT2D eigenvalue weighted by Crippen LogP contribution is 2.27. The minimum Gasteiger partial charge on any atom is -0.495 e. The minimum absolute atomic E-state index is 0.0836. The second-order valence-corrected chi connectivity index (χ2v) is 7.84. The van der Waals surface area contributed by atoms with Crippen molar-refractivity contribution < 1.29 is 19.2 Å². The molecular weight excluding hydrogens is 378 g/mol. The second-order valence-electron chi connectivity index (χ2n) is 7.84. The number of benzene rings is 2. The van der Waals surface area contributed by atoms with E-state index in [1.54, 1.807) is 19.2 Å². The highest BCUT2D eigenvalue weighted by molar-refractivity contribution is 5.94. The topological polar surface area (TPSA) is 71.9 Å². The molecule has 0 aromatic heterocycles. The molecule has 0 fully saturated rings. The number of para-hydroxylation sites is 3. The summed E-state index contributed by atoms with van der Waals surface area (Å²) in [4.78, 5) is 26.3.